The molecule has 1 unspecified atom stereocenters. The highest BCUT2D eigenvalue weighted by molar-refractivity contribution is 6.30. The first-order chi connectivity index (χ1) is 10.0. The molecule has 0 amide bonds. The first kappa shape index (κ1) is 15.8. The van der Waals surface area contributed by atoms with Gasteiger partial charge in [0, 0.05) is 11.1 Å². The Bertz CT molecular complexity index is 630. The van der Waals surface area contributed by atoms with Crippen LogP contribution in [0, 0.1) is 12.7 Å². The second-order valence-corrected chi connectivity index (χ2v) is 5.55. The predicted molar refractivity (Wildman–Crippen MR) is 84.6 cm³/mol. The van der Waals surface area contributed by atoms with Crippen molar-refractivity contribution >= 4 is 11.6 Å². The molecule has 0 spiro atoms. The highest BCUT2D eigenvalue weighted by Gasteiger charge is 2.12. The van der Waals surface area contributed by atoms with Crippen molar-refractivity contribution in [2.75, 3.05) is 0 Å². The molecule has 1 atom stereocenters. The van der Waals surface area contributed by atoms with Gasteiger partial charge in [0.25, 0.3) is 0 Å². The lowest BCUT2D eigenvalue weighted by Crippen LogP contribution is -2.21. The van der Waals surface area contributed by atoms with Gasteiger partial charge in [0.05, 0.1) is 0 Å². The predicted octanol–water partition coefficient (Wildman–Crippen LogP) is 4.86. The fraction of sp³-hybridized carbons (Fsp3) is 0.294. The molecule has 2 aromatic carbocycles. The number of halogens is 2. The van der Waals surface area contributed by atoms with Crippen LogP contribution in [0.15, 0.2) is 36.4 Å². The Labute approximate surface area is 129 Å². The summed E-state index contributed by atoms with van der Waals surface area (Å²) in [5.74, 6) is 0.391. The van der Waals surface area contributed by atoms with E-state index in [0.717, 1.165) is 12.0 Å². The molecule has 0 aliphatic heterocycles. The zero-order valence-corrected chi connectivity index (χ0v) is 13.0. The van der Waals surface area contributed by atoms with Crippen LogP contribution in [-0.4, -0.2) is 6.04 Å². The summed E-state index contributed by atoms with van der Waals surface area (Å²) < 4.78 is 19.8. The number of hydrogen-bond acceptors (Lipinski definition) is 2. The van der Waals surface area contributed by atoms with Crippen LogP contribution in [0.1, 0.15) is 24.5 Å². The third kappa shape index (κ3) is 3.96. The van der Waals surface area contributed by atoms with Crippen molar-refractivity contribution in [1.29, 1.82) is 0 Å². The fourth-order valence-electron chi connectivity index (χ4n) is 2.04. The average Bonchev–Trinajstić information content (AvgIpc) is 2.46. The summed E-state index contributed by atoms with van der Waals surface area (Å²) in [7, 11) is 0. The minimum absolute atomic E-state index is 0.0379. The van der Waals surface area contributed by atoms with Crippen LogP contribution in [0.4, 0.5) is 4.39 Å². The van der Waals surface area contributed by atoms with Crippen molar-refractivity contribution in [1.82, 2.24) is 0 Å². The summed E-state index contributed by atoms with van der Waals surface area (Å²) in [5, 5.41) is 0.548. The van der Waals surface area contributed by atoms with E-state index in [-0.39, 0.29) is 17.6 Å². The lowest BCUT2D eigenvalue weighted by atomic mass is 10.0. The molecular weight excluding hydrogens is 289 g/mol. The van der Waals surface area contributed by atoms with Gasteiger partial charge in [0.2, 0.25) is 0 Å². The van der Waals surface area contributed by atoms with E-state index in [4.69, 9.17) is 22.1 Å². The maximum absolute atomic E-state index is 14.1. The van der Waals surface area contributed by atoms with Crippen molar-refractivity contribution in [3.8, 4) is 11.5 Å². The molecule has 0 saturated carbocycles. The second-order valence-electron chi connectivity index (χ2n) is 5.11. The molecule has 0 radical (unpaired) electrons. The van der Waals surface area contributed by atoms with Gasteiger partial charge in [-0.2, -0.15) is 0 Å². The summed E-state index contributed by atoms with van der Waals surface area (Å²) in [5.41, 5.74) is 7.47. The molecule has 21 heavy (non-hydrogen) atoms. The number of benzene rings is 2. The molecule has 0 saturated heterocycles. The molecule has 0 aliphatic carbocycles. The minimum atomic E-state index is -0.358. The zero-order valence-electron chi connectivity index (χ0n) is 12.2. The summed E-state index contributed by atoms with van der Waals surface area (Å²) >= 11 is 6.02. The molecular formula is C17H19ClFNO. The van der Waals surface area contributed by atoms with Gasteiger partial charge in [-0.1, -0.05) is 36.7 Å². The Morgan fingerprint density at radius 2 is 2.00 bits per heavy atom. The first-order valence-electron chi connectivity index (χ1n) is 6.98. The second kappa shape index (κ2) is 6.92. The Morgan fingerprint density at radius 1 is 1.24 bits per heavy atom. The normalized spacial score (nSPS) is 12.2. The summed E-state index contributed by atoms with van der Waals surface area (Å²) in [6.07, 6.45) is 1.53. The monoisotopic (exact) mass is 307 g/mol. The van der Waals surface area contributed by atoms with E-state index in [1.54, 1.807) is 37.3 Å². The van der Waals surface area contributed by atoms with E-state index in [2.05, 4.69) is 0 Å². The van der Waals surface area contributed by atoms with Gasteiger partial charge in [0.15, 0.2) is 11.6 Å². The molecule has 4 heteroatoms. The standard InChI is InChI=1S/C17H19ClFNO/c1-3-14(20)9-12-7-8-13(18)10-16(12)21-15-6-4-5-11(2)17(15)19/h4-8,10,14H,3,9,20H2,1-2H3. The SMILES string of the molecule is CCC(N)Cc1ccc(Cl)cc1Oc1cccc(C)c1F. The van der Waals surface area contributed by atoms with Crippen molar-refractivity contribution < 1.29 is 9.13 Å². The summed E-state index contributed by atoms with van der Waals surface area (Å²) in [4.78, 5) is 0. The molecule has 2 nitrogen and oxygen atoms in total. The van der Waals surface area contributed by atoms with Crippen molar-refractivity contribution in [3.63, 3.8) is 0 Å². The van der Waals surface area contributed by atoms with Gasteiger partial charge in [-0.15, -0.1) is 0 Å². The molecule has 0 aliphatic rings. The van der Waals surface area contributed by atoms with Crippen LogP contribution in [0.25, 0.3) is 0 Å². The van der Waals surface area contributed by atoms with E-state index >= 15 is 0 Å². The Balaban J connectivity index is 2.34. The van der Waals surface area contributed by atoms with Gasteiger partial charge >= 0.3 is 0 Å². The zero-order chi connectivity index (χ0) is 15.4. The van der Waals surface area contributed by atoms with Crippen molar-refractivity contribution in [3.05, 3.63) is 58.4 Å². The number of ether oxygens (including phenoxy) is 1. The van der Waals surface area contributed by atoms with Gasteiger partial charge in [-0.25, -0.2) is 4.39 Å². The number of nitrogens with two attached hydrogens (primary N) is 1. The van der Waals surface area contributed by atoms with Gasteiger partial charge in [-0.3, -0.25) is 0 Å². The van der Waals surface area contributed by atoms with Crippen LogP contribution in [0.3, 0.4) is 0 Å². The molecule has 2 aromatic rings. The fourth-order valence-corrected chi connectivity index (χ4v) is 2.20. The van der Waals surface area contributed by atoms with Gasteiger partial charge in [0.1, 0.15) is 5.75 Å². The minimum Gasteiger partial charge on any atom is -0.454 e. The average molecular weight is 308 g/mol. The highest BCUT2D eigenvalue weighted by Crippen LogP contribution is 2.31. The highest BCUT2D eigenvalue weighted by atomic mass is 35.5. The maximum atomic E-state index is 14.1. The number of rotatable bonds is 5. The summed E-state index contributed by atoms with van der Waals surface area (Å²) in [6, 6.07) is 10.5. The Hall–Kier alpha value is -1.58. The van der Waals surface area contributed by atoms with Crippen LogP contribution in [0.2, 0.25) is 5.02 Å². The van der Waals surface area contributed by atoms with Crippen LogP contribution in [-0.2, 0) is 6.42 Å². The molecule has 2 rings (SSSR count). The van der Waals surface area contributed by atoms with Crippen LogP contribution >= 0.6 is 11.6 Å². The van der Waals surface area contributed by atoms with E-state index in [0.29, 0.717) is 22.8 Å². The maximum Gasteiger partial charge on any atom is 0.168 e. The molecule has 0 heterocycles. The van der Waals surface area contributed by atoms with Gasteiger partial charge < -0.3 is 10.5 Å². The molecule has 2 N–H and O–H groups in total. The third-order valence-corrected chi connectivity index (χ3v) is 3.65. The van der Waals surface area contributed by atoms with E-state index in [9.17, 15) is 4.39 Å². The lowest BCUT2D eigenvalue weighted by molar-refractivity contribution is 0.433. The molecule has 0 fully saturated rings. The Morgan fingerprint density at radius 3 is 2.71 bits per heavy atom. The molecule has 0 aromatic heterocycles. The smallest absolute Gasteiger partial charge is 0.168 e. The van der Waals surface area contributed by atoms with E-state index in [1.807, 2.05) is 13.0 Å². The van der Waals surface area contributed by atoms with E-state index < -0.39 is 0 Å². The number of aryl methyl sites for hydroxylation is 1. The topological polar surface area (TPSA) is 35.2 Å². The Kier molecular flexibility index (Phi) is 5.21. The largest absolute Gasteiger partial charge is 0.454 e. The number of hydrogen-bond donors (Lipinski definition) is 1. The van der Waals surface area contributed by atoms with Crippen LogP contribution in [0.5, 0.6) is 11.5 Å². The third-order valence-electron chi connectivity index (χ3n) is 3.41. The summed E-state index contributed by atoms with van der Waals surface area (Å²) in [6.45, 7) is 3.73. The molecule has 0 bridgehead atoms. The molecule has 112 valence electrons. The van der Waals surface area contributed by atoms with Crippen molar-refractivity contribution in [2.45, 2.75) is 32.7 Å². The quantitative estimate of drug-likeness (QED) is 0.856. The van der Waals surface area contributed by atoms with Gasteiger partial charge in [-0.05, 0) is 49.1 Å². The van der Waals surface area contributed by atoms with E-state index in [1.165, 1.54) is 0 Å². The first-order valence-corrected chi connectivity index (χ1v) is 7.36. The van der Waals surface area contributed by atoms with Crippen molar-refractivity contribution in [2.24, 2.45) is 5.73 Å². The lowest BCUT2D eigenvalue weighted by Gasteiger charge is -2.15. The van der Waals surface area contributed by atoms with Crippen LogP contribution < -0.4 is 10.5 Å².